The van der Waals surface area contributed by atoms with Crippen molar-refractivity contribution in [3.8, 4) is 0 Å². The molecule has 2 unspecified atom stereocenters. The molecule has 3 nitrogen and oxygen atoms in total. The normalized spacial score (nSPS) is 22.8. The van der Waals surface area contributed by atoms with Gasteiger partial charge in [-0.25, -0.2) is 0 Å². The van der Waals surface area contributed by atoms with Gasteiger partial charge in [0.15, 0.2) is 0 Å². The quantitative estimate of drug-likeness (QED) is 0.765. The van der Waals surface area contributed by atoms with E-state index in [1.54, 1.807) is 6.07 Å². The van der Waals surface area contributed by atoms with Crippen LogP contribution >= 0.6 is 34.5 Å². The van der Waals surface area contributed by atoms with E-state index in [1.165, 1.54) is 11.3 Å². The first-order valence-electron chi connectivity index (χ1n) is 6.78. The van der Waals surface area contributed by atoms with Crippen LogP contribution in [0.15, 0.2) is 18.2 Å². The Labute approximate surface area is 137 Å². The Morgan fingerprint density at radius 3 is 2.62 bits per heavy atom. The fraction of sp³-hybridized carbons (Fsp3) is 0.400. The summed E-state index contributed by atoms with van der Waals surface area (Å²) in [5.41, 5.74) is 0. The summed E-state index contributed by atoms with van der Waals surface area (Å²) in [5, 5.41) is 2.04. The van der Waals surface area contributed by atoms with Gasteiger partial charge in [0.2, 0.25) is 0 Å². The van der Waals surface area contributed by atoms with Gasteiger partial charge in [-0.3, -0.25) is 4.79 Å². The summed E-state index contributed by atoms with van der Waals surface area (Å²) < 4.78 is 6.60. The molecule has 0 spiro atoms. The van der Waals surface area contributed by atoms with Crippen molar-refractivity contribution in [1.29, 1.82) is 0 Å². The van der Waals surface area contributed by atoms with E-state index in [1.807, 2.05) is 30.9 Å². The monoisotopic (exact) mass is 343 g/mol. The van der Waals surface area contributed by atoms with E-state index in [2.05, 4.69) is 0 Å². The smallest absolute Gasteiger partial charge is 0.265 e. The Hall–Kier alpha value is -0.810. The first-order valence-corrected chi connectivity index (χ1v) is 8.35. The van der Waals surface area contributed by atoms with Crippen LogP contribution < -0.4 is 0 Å². The zero-order chi connectivity index (χ0) is 15.1. The standard InChI is InChI=1S/C15H15Cl2NO2S/c1-8-6-18(7-9(2)20-8)15(19)14-13(17)11-4-3-10(16)5-12(11)21-14/h3-5,8-9H,6-7H2,1-2H3. The van der Waals surface area contributed by atoms with Crippen LogP contribution in [0.4, 0.5) is 0 Å². The summed E-state index contributed by atoms with van der Waals surface area (Å²) in [6.07, 6.45) is 0.0839. The lowest BCUT2D eigenvalue weighted by Crippen LogP contribution is -2.48. The van der Waals surface area contributed by atoms with E-state index in [4.69, 9.17) is 27.9 Å². The summed E-state index contributed by atoms with van der Waals surface area (Å²) in [7, 11) is 0. The maximum absolute atomic E-state index is 12.7. The molecule has 21 heavy (non-hydrogen) atoms. The Morgan fingerprint density at radius 1 is 1.29 bits per heavy atom. The molecule has 2 atom stereocenters. The number of halogens is 2. The maximum Gasteiger partial charge on any atom is 0.265 e. The molecule has 2 heterocycles. The highest BCUT2D eigenvalue weighted by atomic mass is 35.5. The van der Waals surface area contributed by atoms with Crippen LogP contribution in [0.5, 0.6) is 0 Å². The minimum Gasteiger partial charge on any atom is -0.372 e. The highest BCUT2D eigenvalue weighted by Gasteiger charge is 2.29. The average molecular weight is 344 g/mol. The van der Waals surface area contributed by atoms with E-state index in [0.717, 1.165) is 10.1 Å². The third-order valence-electron chi connectivity index (χ3n) is 3.49. The summed E-state index contributed by atoms with van der Waals surface area (Å²) in [6.45, 7) is 5.13. The number of amides is 1. The average Bonchev–Trinajstić information content (AvgIpc) is 2.73. The largest absolute Gasteiger partial charge is 0.372 e. The van der Waals surface area contributed by atoms with Crippen molar-refractivity contribution >= 4 is 50.5 Å². The lowest BCUT2D eigenvalue weighted by Gasteiger charge is -2.35. The van der Waals surface area contributed by atoms with Crippen molar-refractivity contribution in [2.24, 2.45) is 0 Å². The lowest BCUT2D eigenvalue weighted by atomic mass is 10.2. The van der Waals surface area contributed by atoms with Crippen LogP contribution in [0.1, 0.15) is 23.5 Å². The van der Waals surface area contributed by atoms with Crippen molar-refractivity contribution in [1.82, 2.24) is 4.90 Å². The third kappa shape index (κ3) is 2.90. The molecule has 0 aliphatic carbocycles. The summed E-state index contributed by atoms with van der Waals surface area (Å²) in [4.78, 5) is 15.1. The number of ether oxygens (including phenoxy) is 1. The van der Waals surface area contributed by atoms with Crippen molar-refractivity contribution < 1.29 is 9.53 Å². The number of thiophene rings is 1. The molecular weight excluding hydrogens is 329 g/mol. The van der Waals surface area contributed by atoms with E-state index < -0.39 is 0 Å². The van der Waals surface area contributed by atoms with E-state index in [-0.39, 0.29) is 18.1 Å². The third-order valence-corrected chi connectivity index (χ3v) is 5.37. The molecule has 0 saturated carbocycles. The second-order valence-corrected chi connectivity index (χ2v) is 7.22. The van der Waals surface area contributed by atoms with Crippen molar-refractivity contribution in [3.05, 3.63) is 33.1 Å². The van der Waals surface area contributed by atoms with Crippen LogP contribution in [-0.4, -0.2) is 36.1 Å². The summed E-state index contributed by atoms with van der Waals surface area (Å²) >= 11 is 13.8. The fourth-order valence-electron chi connectivity index (χ4n) is 2.66. The van der Waals surface area contributed by atoms with Crippen molar-refractivity contribution in [2.45, 2.75) is 26.1 Å². The van der Waals surface area contributed by atoms with Crippen LogP contribution in [0.2, 0.25) is 10.0 Å². The number of hydrogen-bond donors (Lipinski definition) is 0. The molecule has 3 rings (SSSR count). The molecule has 1 aromatic heterocycles. The molecular formula is C15H15Cl2NO2S. The van der Waals surface area contributed by atoms with E-state index in [0.29, 0.717) is 28.0 Å². The van der Waals surface area contributed by atoms with Crippen LogP contribution in [0.3, 0.4) is 0 Å². The Balaban J connectivity index is 1.96. The van der Waals surface area contributed by atoms with Gasteiger partial charge in [-0.1, -0.05) is 29.3 Å². The Morgan fingerprint density at radius 2 is 1.95 bits per heavy atom. The first-order chi connectivity index (χ1) is 9.95. The highest BCUT2D eigenvalue weighted by Crippen LogP contribution is 2.37. The van der Waals surface area contributed by atoms with E-state index in [9.17, 15) is 4.79 Å². The number of fused-ring (bicyclic) bond motifs is 1. The predicted octanol–water partition coefficient (Wildman–Crippen LogP) is 4.46. The molecule has 1 amide bonds. The molecule has 1 fully saturated rings. The van der Waals surface area contributed by atoms with Crippen LogP contribution in [0.25, 0.3) is 10.1 Å². The van der Waals surface area contributed by atoms with Crippen LogP contribution in [-0.2, 0) is 4.74 Å². The second-order valence-electron chi connectivity index (χ2n) is 5.35. The van der Waals surface area contributed by atoms with Gasteiger partial charge in [0.25, 0.3) is 5.91 Å². The minimum absolute atomic E-state index is 0.0284. The topological polar surface area (TPSA) is 29.5 Å². The van der Waals surface area contributed by atoms with Gasteiger partial charge in [0.1, 0.15) is 4.88 Å². The van der Waals surface area contributed by atoms with Gasteiger partial charge in [-0.2, -0.15) is 0 Å². The molecule has 1 aromatic carbocycles. The number of morpholine rings is 1. The SMILES string of the molecule is CC1CN(C(=O)c2sc3cc(Cl)ccc3c2Cl)CC(C)O1. The van der Waals surface area contributed by atoms with Gasteiger partial charge in [-0.05, 0) is 26.0 Å². The number of carbonyl (C=O) groups excluding carboxylic acids is 1. The molecule has 1 aliphatic rings. The molecule has 0 N–H and O–H groups in total. The van der Waals surface area contributed by atoms with Gasteiger partial charge < -0.3 is 9.64 Å². The number of rotatable bonds is 1. The fourth-order valence-corrected chi connectivity index (χ4v) is 4.42. The lowest BCUT2D eigenvalue weighted by molar-refractivity contribution is -0.0584. The Bertz CT molecular complexity index is 690. The second kappa shape index (κ2) is 5.76. The molecule has 2 aromatic rings. The van der Waals surface area contributed by atoms with Crippen molar-refractivity contribution in [3.63, 3.8) is 0 Å². The number of hydrogen-bond acceptors (Lipinski definition) is 3. The minimum atomic E-state index is -0.0284. The number of nitrogens with zero attached hydrogens (tertiary/aromatic N) is 1. The Kier molecular flexibility index (Phi) is 4.14. The molecule has 0 radical (unpaired) electrons. The molecule has 0 bridgehead atoms. The highest BCUT2D eigenvalue weighted by molar-refractivity contribution is 7.21. The van der Waals surface area contributed by atoms with Gasteiger partial charge in [-0.15, -0.1) is 11.3 Å². The zero-order valence-corrected chi connectivity index (χ0v) is 14.1. The van der Waals surface area contributed by atoms with E-state index >= 15 is 0 Å². The summed E-state index contributed by atoms with van der Waals surface area (Å²) in [6, 6.07) is 5.49. The van der Waals surface area contributed by atoms with Gasteiger partial charge in [0, 0.05) is 28.2 Å². The maximum atomic E-state index is 12.7. The number of benzene rings is 1. The molecule has 1 aliphatic heterocycles. The zero-order valence-electron chi connectivity index (χ0n) is 11.7. The molecule has 1 saturated heterocycles. The molecule has 6 heteroatoms. The summed E-state index contributed by atoms with van der Waals surface area (Å²) in [5.74, 6) is -0.0284. The number of carbonyl (C=O) groups is 1. The van der Waals surface area contributed by atoms with Gasteiger partial charge in [0.05, 0.1) is 17.2 Å². The van der Waals surface area contributed by atoms with Crippen molar-refractivity contribution in [2.75, 3.05) is 13.1 Å². The predicted molar refractivity (Wildman–Crippen MR) is 87.8 cm³/mol. The first kappa shape index (κ1) is 15.1. The van der Waals surface area contributed by atoms with Crippen LogP contribution in [0, 0.1) is 0 Å². The van der Waals surface area contributed by atoms with Gasteiger partial charge >= 0.3 is 0 Å². The molecule has 112 valence electrons.